The fraction of sp³-hybridized carbons (Fsp3) is 0.923. The molecule has 2 aliphatic heterocycles. The van der Waals surface area contributed by atoms with Crippen LogP contribution in [0.4, 0.5) is 4.79 Å². The van der Waals surface area contributed by atoms with E-state index >= 15 is 0 Å². The lowest BCUT2D eigenvalue weighted by Gasteiger charge is -2.35. The Kier molecular flexibility index (Phi) is 3.82. The summed E-state index contributed by atoms with van der Waals surface area (Å²) in [5.74, 6) is 0.575. The molecule has 104 valence electrons. The van der Waals surface area contributed by atoms with E-state index in [1.807, 2.05) is 18.7 Å². The monoisotopic (exact) mass is 254 g/mol. The van der Waals surface area contributed by atoms with E-state index in [1.54, 1.807) is 0 Å². The van der Waals surface area contributed by atoms with Gasteiger partial charge in [-0.1, -0.05) is 0 Å². The van der Waals surface area contributed by atoms with Crippen LogP contribution in [0.25, 0.3) is 0 Å². The molecule has 2 aliphatic rings. The smallest absolute Gasteiger partial charge is 0.318 e. The average Bonchev–Trinajstić information content (AvgIpc) is 2.72. The summed E-state index contributed by atoms with van der Waals surface area (Å²) in [6.45, 7) is 7.61. The van der Waals surface area contributed by atoms with E-state index in [4.69, 9.17) is 5.73 Å². The Morgan fingerprint density at radius 3 is 2.78 bits per heavy atom. The number of nitrogens with zero attached hydrogens (tertiary/aromatic N) is 2. The van der Waals surface area contributed by atoms with Gasteiger partial charge in [-0.2, -0.15) is 0 Å². The number of rotatable bonds is 3. The number of nitrogens with one attached hydrogen (secondary N) is 1. The summed E-state index contributed by atoms with van der Waals surface area (Å²) in [5.41, 5.74) is 5.51. The summed E-state index contributed by atoms with van der Waals surface area (Å²) < 4.78 is 0. The Morgan fingerprint density at radius 2 is 2.17 bits per heavy atom. The van der Waals surface area contributed by atoms with Crippen LogP contribution in [-0.4, -0.2) is 60.6 Å². The normalized spacial score (nSPS) is 30.7. The van der Waals surface area contributed by atoms with Gasteiger partial charge in [0.2, 0.25) is 0 Å². The summed E-state index contributed by atoms with van der Waals surface area (Å²) >= 11 is 0. The van der Waals surface area contributed by atoms with Crippen LogP contribution in [0.5, 0.6) is 0 Å². The fourth-order valence-corrected chi connectivity index (χ4v) is 3.00. The van der Waals surface area contributed by atoms with Crippen molar-refractivity contribution in [2.24, 2.45) is 11.7 Å². The Hall–Kier alpha value is -0.810. The molecule has 2 amide bonds. The number of carbonyl (C=O) groups is 1. The van der Waals surface area contributed by atoms with Crippen molar-refractivity contribution in [3.8, 4) is 0 Å². The van der Waals surface area contributed by atoms with E-state index in [1.165, 1.54) is 19.4 Å². The molecule has 0 aliphatic carbocycles. The summed E-state index contributed by atoms with van der Waals surface area (Å²) in [6, 6.07) is 0.328. The van der Waals surface area contributed by atoms with Gasteiger partial charge in [0.15, 0.2) is 0 Å². The summed E-state index contributed by atoms with van der Waals surface area (Å²) in [6.07, 6.45) is 2.44. The minimum Gasteiger partial charge on any atom is -0.333 e. The van der Waals surface area contributed by atoms with Gasteiger partial charge in [0.1, 0.15) is 0 Å². The third-order valence-electron chi connectivity index (χ3n) is 4.39. The summed E-state index contributed by atoms with van der Waals surface area (Å²) in [4.78, 5) is 16.3. The zero-order valence-corrected chi connectivity index (χ0v) is 11.8. The lowest BCUT2D eigenvalue weighted by molar-refractivity contribution is 0.150. The molecule has 5 heteroatoms. The third kappa shape index (κ3) is 2.62. The quantitative estimate of drug-likeness (QED) is 0.769. The molecule has 3 N–H and O–H groups in total. The molecular weight excluding hydrogens is 228 g/mol. The molecule has 0 bridgehead atoms. The number of nitrogens with two attached hydrogens (primary N) is 1. The average molecular weight is 254 g/mol. The first-order valence-electron chi connectivity index (χ1n) is 6.91. The van der Waals surface area contributed by atoms with Crippen molar-refractivity contribution in [2.45, 2.75) is 38.3 Å². The van der Waals surface area contributed by atoms with Gasteiger partial charge in [-0.3, -0.25) is 0 Å². The Balaban J connectivity index is 2.00. The Labute approximate surface area is 110 Å². The van der Waals surface area contributed by atoms with E-state index in [0.29, 0.717) is 12.5 Å². The van der Waals surface area contributed by atoms with Gasteiger partial charge in [-0.25, -0.2) is 4.79 Å². The van der Waals surface area contributed by atoms with Crippen molar-refractivity contribution in [3.63, 3.8) is 0 Å². The Bertz CT molecular complexity index is 318. The van der Waals surface area contributed by atoms with Crippen LogP contribution in [0.3, 0.4) is 0 Å². The number of urea groups is 1. The minimum atomic E-state index is -0.251. The molecule has 0 aromatic heterocycles. The molecule has 0 saturated carbocycles. The molecule has 2 heterocycles. The molecule has 5 nitrogen and oxygen atoms in total. The van der Waals surface area contributed by atoms with Crippen molar-refractivity contribution >= 4 is 6.03 Å². The molecule has 2 unspecified atom stereocenters. The molecule has 2 atom stereocenters. The van der Waals surface area contributed by atoms with E-state index < -0.39 is 0 Å². The third-order valence-corrected chi connectivity index (χ3v) is 4.39. The number of amides is 2. The zero-order valence-electron chi connectivity index (χ0n) is 11.8. The van der Waals surface area contributed by atoms with Crippen molar-refractivity contribution in [3.05, 3.63) is 0 Å². The SMILES string of the molecule is CN1CCCC(C2CN(C(C)(C)CN)C(=O)N2)C1. The maximum Gasteiger partial charge on any atom is 0.318 e. The second kappa shape index (κ2) is 5.05. The van der Waals surface area contributed by atoms with Crippen LogP contribution < -0.4 is 11.1 Å². The van der Waals surface area contributed by atoms with Crippen LogP contribution in [0.15, 0.2) is 0 Å². The highest BCUT2D eigenvalue weighted by Gasteiger charge is 2.41. The van der Waals surface area contributed by atoms with Gasteiger partial charge in [0, 0.05) is 19.6 Å². The Morgan fingerprint density at radius 1 is 1.44 bits per heavy atom. The first kappa shape index (κ1) is 13.6. The molecule has 18 heavy (non-hydrogen) atoms. The van der Waals surface area contributed by atoms with Gasteiger partial charge >= 0.3 is 6.03 Å². The molecule has 0 aromatic rings. The van der Waals surface area contributed by atoms with Gasteiger partial charge in [-0.05, 0) is 46.2 Å². The van der Waals surface area contributed by atoms with Crippen molar-refractivity contribution in [1.82, 2.24) is 15.1 Å². The molecule has 0 aromatic carbocycles. The molecule has 2 fully saturated rings. The largest absolute Gasteiger partial charge is 0.333 e. The highest BCUT2D eigenvalue weighted by molar-refractivity contribution is 5.77. The maximum absolute atomic E-state index is 12.1. The number of likely N-dealkylation sites (tertiary alicyclic amines) is 1. The van der Waals surface area contributed by atoms with Crippen molar-refractivity contribution < 1.29 is 4.79 Å². The first-order valence-corrected chi connectivity index (χ1v) is 6.91. The summed E-state index contributed by atoms with van der Waals surface area (Å²) in [7, 11) is 2.16. The van der Waals surface area contributed by atoms with Crippen LogP contribution in [0.2, 0.25) is 0 Å². The highest BCUT2D eigenvalue weighted by atomic mass is 16.2. The second-order valence-electron chi connectivity index (χ2n) is 6.35. The zero-order chi connectivity index (χ0) is 13.3. The fourth-order valence-electron chi connectivity index (χ4n) is 3.00. The van der Waals surface area contributed by atoms with Gasteiger partial charge < -0.3 is 20.9 Å². The van der Waals surface area contributed by atoms with Gasteiger partial charge in [0.25, 0.3) is 0 Å². The number of carbonyl (C=O) groups excluding carboxylic acids is 1. The van der Waals surface area contributed by atoms with Crippen LogP contribution in [0, 0.1) is 5.92 Å². The molecule has 2 saturated heterocycles. The van der Waals surface area contributed by atoms with Crippen molar-refractivity contribution in [1.29, 1.82) is 0 Å². The lowest BCUT2D eigenvalue weighted by Crippen LogP contribution is -2.50. The van der Waals surface area contributed by atoms with E-state index in [9.17, 15) is 4.79 Å². The molecule has 0 spiro atoms. The van der Waals surface area contributed by atoms with E-state index in [-0.39, 0.29) is 17.6 Å². The van der Waals surface area contributed by atoms with Crippen LogP contribution >= 0.6 is 0 Å². The number of hydrogen-bond donors (Lipinski definition) is 2. The van der Waals surface area contributed by atoms with Crippen molar-refractivity contribution in [2.75, 3.05) is 33.2 Å². The molecular formula is C13H26N4O. The second-order valence-corrected chi connectivity index (χ2v) is 6.35. The van der Waals surface area contributed by atoms with E-state index in [2.05, 4.69) is 17.3 Å². The predicted molar refractivity (Wildman–Crippen MR) is 72.4 cm³/mol. The number of piperidine rings is 1. The first-order chi connectivity index (χ1) is 8.44. The van der Waals surface area contributed by atoms with Crippen LogP contribution in [-0.2, 0) is 0 Å². The van der Waals surface area contributed by atoms with Gasteiger partial charge in [-0.15, -0.1) is 0 Å². The molecule has 2 rings (SSSR count). The summed E-state index contributed by atoms with van der Waals surface area (Å²) in [5, 5.41) is 3.14. The topological polar surface area (TPSA) is 61.6 Å². The molecule has 0 radical (unpaired) electrons. The van der Waals surface area contributed by atoms with E-state index in [0.717, 1.165) is 13.1 Å². The highest BCUT2D eigenvalue weighted by Crippen LogP contribution is 2.25. The number of hydrogen-bond acceptors (Lipinski definition) is 3. The standard InChI is InChI=1S/C13H26N4O/c1-13(2,9-14)17-8-11(15-12(17)18)10-5-4-6-16(3)7-10/h10-11H,4-9,14H2,1-3H3,(H,15,18). The predicted octanol–water partition coefficient (Wildman–Crippen LogP) is 0.459. The lowest BCUT2D eigenvalue weighted by atomic mass is 9.91. The maximum atomic E-state index is 12.1. The minimum absolute atomic E-state index is 0.0451. The van der Waals surface area contributed by atoms with Gasteiger partial charge in [0.05, 0.1) is 11.6 Å². The van der Waals surface area contributed by atoms with Crippen LogP contribution in [0.1, 0.15) is 26.7 Å².